The molecule has 15 fully saturated rings. The Morgan fingerprint density at radius 3 is 0.790 bits per heavy atom. The lowest BCUT2D eigenvalue weighted by molar-refractivity contribution is -0.140. The number of nitrogens with two attached hydrogens (primary N) is 4. The third-order valence-electron chi connectivity index (χ3n) is 33.7. The lowest BCUT2D eigenvalue weighted by atomic mass is 9.81. The molecule has 5 unspecified atom stereocenters. The summed E-state index contributed by atoms with van der Waals surface area (Å²) in [6.45, 7) is 14.4. The number of hydrogen-bond acceptors (Lipinski definition) is 24. The molecule has 38 nitrogen and oxygen atoms in total. The van der Waals surface area contributed by atoms with Crippen LogP contribution < -0.4 is 49.5 Å². The second kappa shape index (κ2) is 55.4. The quantitative estimate of drug-likeness (QED) is 0.0372. The Balaban J connectivity index is 0.000000171. The highest BCUT2D eigenvalue weighted by Gasteiger charge is 2.64. The van der Waals surface area contributed by atoms with E-state index in [4.69, 9.17) is 46.6 Å². The van der Waals surface area contributed by atoms with Crippen LogP contribution in [-0.4, -0.2) is 335 Å². The number of carbonyl (C=O) groups excluding carboxylic acids is 15. The van der Waals surface area contributed by atoms with E-state index in [2.05, 4.69) is 37.6 Å². The Morgan fingerprint density at radius 2 is 0.573 bits per heavy atom. The van der Waals surface area contributed by atoms with E-state index in [0.29, 0.717) is 225 Å². The number of hydrogen-bond donors (Lipinski definition) is 10. The Morgan fingerprint density at radius 1 is 0.343 bits per heavy atom. The van der Waals surface area contributed by atoms with Crippen molar-refractivity contribution in [3.8, 4) is 6.07 Å². The first-order valence-corrected chi connectivity index (χ1v) is 54.5. The maximum absolute atomic E-state index is 13.3. The van der Waals surface area contributed by atoms with Crippen LogP contribution in [0.1, 0.15) is 270 Å². The predicted octanol–water partition coefficient (Wildman–Crippen LogP) is 4.67. The highest BCUT2D eigenvalue weighted by Crippen LogP contribution is 2.50. The average Bonchev–Trinajstić information content (AvgIpc) is 1.58. The molecule has 0 bridgehead atoms. The maximum atomic E-state index is 13.3. The van der Waals surface area contributed by atoms with Crippen molar-refractivity contribution >= 4 is 89.0 Å². The van der Waals surface area contributed by atoms with Gasteiger partial charge in [-0.3, -0.25) is 67.1 Å². The van der Waals surface area contributed by atoms with Crippen molar-refractivity contribution in [3.05, 3.63) is 0 Å². The van der Waals surface area contributed by atoms with Gasteiger partial charge in [0.2, 0.25) is 82.7 Å². The molecule has 15 rings (SSSR count). The molecule has 15 atom stereocenters. The smallest absolute Gasteiger partial charge is 0.243 e. The van der Waals surface area contributed by atoms with Gasteiger partial charge in [0.05, 0.1) is 72.1 Å². The van der Waals surface area contributed by atoms with Gasteiger partial charge < -0.3 is 117 Å². The van der Waals surface area contributed by atoms with Crippen molar-refractivity contribution in [2.24, 2.45) is 112 Å². The molecule has 804 valence electrons. The number of nitriles is 1. The van der Waals surface area contributed by atoms with Crippen LogP contribution in [0.2, 0.25) is 0 Å². The first-order chi connectivity index (χ1) is 68.6. The van der Waals surface area contributed by atoms with Crippen molar-refractivity contribution in [3.63, 3.8) is 0 Å². The number of amides is 14. The molecule has 143 heavy (non-hydrogen) atoms. The zero-order valence-corrected chi connectivity index (χ0v) is 86.5. The topological polar surface area (TPSA) is 533 Å². The summed E-state index contributed by atoms with van der Waals surface area (Å²) in [4.78, 5) is 202. The normalized spacial score (nSPS) is 28.8. The monoisotopic (exact) mass is 2010 g/mol. The maximum Gasteiger partial charge on any atom is 0.243 e. The van der Waals surface area contributed by atoms with Crippen LogP contribution in [0.4, 0.5) is 0 Å². The number of carbonyl (C=O) groups is 15. The summed E-state index contributed by atoms with van der Waals surface area (Å²) >= 11 is 0. The van der Waals surface area contributed by atoms with Crippen LogP contribution in [-0.2, 0) is 95.6 Å². The van der Waals surface area contributed by atoms with Crippen LogP contribution in [0.3, 0.4) is 0 Å². The summed E-state index contributed by atoms with van der Waals surface area (Å²) in [6, 6.07) is 2.34. The molecule has 0 aromatic heterocycles. The summed E-state index contributed by atoms with van der Waals surface area (Å²) in [5.74, 6) is -3.85. The summed E-state index contributed by atoms with van der Waals surface area (Å²) < 4.78 is 26.6. The first kappa shape index (κ1) is 115. The van der Waals surface area contributed by atoms with E-state index in [1.807, 2.05) is 44.9 Å². The van der Waals surface area contributed by atoms with Gasteiger partial charge in [0.25, 0.3) is 0 Å². The fourth-order valence-electron chi connectivity index (χ4n) is 24.1. The van der Waals surface area contributed by atoms with Crippen LogP contribution in [0, 0.1) is 100 Å². The minimum atomic E-state index is -1.27. The van der Waals surface area contributed by atoms with Crippen molar-refractivity contribution in [2.75, 3.05) is 179 Å². The number of rotatable bonds is 41. The van der Waals surface area contributed by atoms with E-state index in [9.17, 15) is 82.3 Å². The number of nitrogens with zero attached hydrogens (tertiary/aromatic N) is 8. The van der Waals surface area contributed by atoms with Crippen molar-refractivity contribution < 1.29 is 101 Å². The van der Waals surface area contributed by atoms with Gasteiger partial charge in [0.15, 0.2) is 0 Å². The molecule has 5 heterocycles. The Hall–Kier alpha value is -8.58. The third kappa shape index (κ3) is 33.5. The van der Waals surface area contributed by atoms with Gasteiger partial charge in [-0.15, -0.1) is 0 Å². The van der Waals surface area contributed by atoms with E-state index in [1.165, 1.54) is 70.6 Å². The highest BCUT2D eigenvalue weighted by atomic mass is 16.5. The minimum absolute atomic E-state index is 0.00280. The largest absolute Gasteiger partial charge is 0.396 e. The lowest BCUT2D eigenvalue weighted by Crippen LogP contribution is -2.52. The van der Waals surface area contributed by atoms with Gasteiger partial charge in [0.1, 0.15) is 34.0 Å². The molecule has 14 amide bonds. The third-order valence-corrected chi connectivity index (χ3v) is 33.7. The molecule has 38 heteroatoms. The summed E-state index contributed by atoms with van der Waals surface area (Å²) in [5.41, 5.74) is 17.2. The number of nitrogens with one attached hydrogen (secondary N) is 5. The average molecular weight is 2010 g/mol. The fourth-order valence-corrected chi connectivity index (χ4v) is 24.1. The molecule has 10 saturated carbocycles. The highest BCUT2D eigenvalue weighted by molar-refractivity contribution is 6.00. The Labute approximate surface area is 846 Å². The Kier molecular flexibility index (Phi) is 44.5. The number of morpholine rings is 5. The second-order valence-electron chi connectivity index (χ2n) is 44.7. The van der Waals surface area contributed by atoms with Gasteiger partial charge in [-0.25, -0.2) is 0 Å². The van der Waals surface area contributed by atoms with E-state index < -0.39 is 80.9 Å². The molecule has 0 spiro atoms. The molecule has 5 saturated heterocycles. The molecule has 0 radical (unpaired) electrons. The zero-order chi connectivity index (χ0) is 103. The zero-order valence-electron chi connectivity index (χ0n) is 86.5. The summed E-state index contributed by atoms with van der Waals surface area (Å²) in [5, 5.41) is 33.6. The number of aliphatic hydroxyl groups excluding tert-OH is 1. The van der Waals surface area contributed by atoms with Crippen LogP contribution in [0.25, 0.3) is 0 Å². The number of aliphatic hydroxyl groups is 1. The van der Waals surface area contributed by atoms with Gasteiger partial charge >= 0.3 is 0 Å². The van der Waals surface area contributed by atoms with Crippen molar-refractivity contribution in [2.45, 2.75) is 298 Å². The van der Waals surface area contributed by atoms with E-state index in [-0.39, 0.29) is 134 Å². The van der Waals surface area contributed by atoms with Gasteiger partial charge in [0, 0.05) is 171 Å². The fraction of sp³-hybridized carbons (Fsp3) is 0.848. The van der Waals surface area contributed by atoms with Crippen molar-refractivity contribution in [1.82, 2.24) is 60.9 Å². The SMILES string of the molecule is CCC1C[C@@]1(NC(=O)[C@@H](CC(=O)N1CCOCC1)CC1CCCCC1)C(N)=O.CN(C)CC1C[C@@]1(NC(=O)[C@@H](CC(=O)N1CCOCC1)CC1CCCCC1)C(N)=O.CN(C)CC1C[C@]1(C#N)NC(=O)[C@@H](CC(=O)N1CCOCC1)CC1CCCCC1.NC(=O)[C@]1(NC(=O)[C@@H](CC(=O)N2CCOCC2)CC2CCCCC2)CC1C=O.NC(=O)[C@]1(NC(=O)[C@@H](CC(=O)N2CCOCC2)CC2CCCCC2)CC1CO. The standard InChI is InChI=1S/C22H38N4O4.C22H36N4O3.C21H35N3O4.C20H33N3O5.C20H31N3O5/c1-25(2)15-18-14-22(18,21(23)29)24-20(28)17(12-16-6-4-3-5-7-16)13-19(27)26-8-10-30-11-9-26;1-25(2)15-19-14-22(19,16-23)24-21(28)18(12-17-6-4-3-5-7-17)13-20(27)26-8-10-29-11-9-26;1-2-17-14-21(17,20(22)27)23-19(26)16(12-15-6-4-3-5-7-15)13-18(25)24-8-10-28-11-9-24;2*21-19(27)20(12-16(20)13-24)22-18(26)15(10-14-4-2-1-3-5-14)11-17(25)23-6-8-28-9-7-23/h16-18H,3-15H2,1-2H3,(H2,23,29)(H,24,28);17-19H,3-15H2,1-2H3,(H,24,28);15-17H,2-14H2,1H3,(H2,22,27)(H,23,26);14-16,24H,1-13H2,(H2,21,27)(H,22,26);13-16H,1-12H2,(H2,21,27)(H,22,26)/t17-,18?,22+;18-,19?,22-;16-,17?,21+;2*15-,16?,20+/m11111/s1. The van der Waals surface area contributed by atoms with E-state index in [0.717, 1.165) is 109 Å². The number of ether oxygens (including phenoxy) is 5. The van der Waals surface area contributed by atoms with Crippen molar-refractivity contribution in [1.29, 1.82) is 5.26 Å². The van der Waals surface area contributed by atoms with E-state index >= 15 is 0 Å². The molecule has 5 aliphatic heterocycles. The lowest BCUT2D eigenvalue weighted by Gasteiger charge is -2.31. The molecule has 14 N–H and O–H groups in total. The summed E-state index contributed by atoms with van der Waals surface area (Å²) in [6.07, 6.45) is 37.3. The second-order valence-corrected chi connectivity index (χ2v) is 44.7. The predicted molar refractivity (Wildman–Crippen MR) is 531 cm³/mol. The molecule has 15 aliphatic rings. The Bertz CT molecular complexity index is 4150. The molecule has 0 aromatic carbocycles. The first-order valence-electron chi connectivity index (χ1n) is 54.5. The summed E-state index contributed by atoms with van der Waals surface area (Å²) in [7, 11) is 7.85. The van der Waals surface area contributed by atoms with Gasteiger partial charge in [-0.05, 0) is 128 Å². The van der Waals surface area contributed by atoms with Gasteiger partial charge in [-0.2, -0.15) is 5.26 Å². The number of primary amides is 4. The van der Waals surface area contributed by atoms with Crippen LogP contribution in [0.15, 0.2) is 0 Å². The number of aldehydes is 1. The molecule has 10 aliphatic carbocycles. The van der Waals surface area contributed by atoms with Crippen LogP contribution >= 0.6 is 0 Å². The van der Waals surface area contributed by atoms with Crippen LogP contribution in [0.5, 0.6) is 0 Å². The van der Waals surface area contributed by atoms with E-state index in [1.54, 1.807) is 19.6 Å². The molecule has 0 aromatic rings. The minimum Gasteiger partial charge on any atom is -0.396 e. The molecular formula is C105H173N17O21. The molecular weight excluding hydrogens is 1840 g/mol. The van der Waals surface area contributed by atoms with Gasteiger partial charge in [-0.1, -0.05) is 174 Å².